The lowest BCUT2D eigenvalue weighted by molar-refractivity contribution is -0.127. The first-order valence-corrected chi connectivity index (χ1v) is 13.1. The van der Waals surface area contributed by atoms with Crippen LogP contribution in [-0.4, -0.2) is 96.7 Å². The molecule has 38 heavy (non-hydrogen) atoms. The van der Waals surface area contributed by atoms with E-state index in [1.165, 1.54) is 6.33 Å². The van der Waals surface area contributed by atoms with Gasteiger partial charge in [-0.15, -0.1) is 0 Å². The number of nitrogens with one attached hydrogen (secondary N) is 3. The molecule has 1 rings (SSSR count). The summed E-state index contributed by atoms with van der Waals surface area (Å²) in [6, 6.07) is -1.74. The smallest absolute Gasteiger partial charge is 0.245 e. The van der Waals surface area contributed by atoms with E-state index in [4.69, 9.17) is 20.9 Å². The first kappa shape index (κ1) is 33.3. The van der Waals surface area contributed by atoms with Crippen LogP contribution in [0.5, 0.6) is 0 Å². The van der Waals surface area contributed by atoms with Gasteiger partial charge in [-0.25, -0.2) is 4.98 Å². The molecule has 0 saturated heterocycles. The first-order valence-electron chi connectivity index (χ1n) is 13.1. The summed E-state index contributed by atoms with van der Waals surface area (Å²) in [5.74, 6) is -1.80. The van der Waals surface area contributed by atoms with Crippen molar-refractivity contribution in [3.63, 3.8) is 0 Å². The number of carbonyl (C=O) groups excluding carboxylic acids is 4. The number of H-pyrrole nitrogens is 1. The zero-order chi connectivity index (χ0) is 28.2. The number of aliphatic hydroxyl groups is 1. The van der Waals surface area contributed by atoms with Crippen molar-refractivity contribution >= 4 is 23.4 Å². The van der Waals surface area contributed by atoms with Crippen molar-refractivity contribution in [2.75, 3.05) is 46.1 Å². The number of primary amides is 1. The van der Waals surface area contributed by atoms with Crippen LogP contribution in [0.3, 0.4) is 0 Å². The Morgan fingerprint density at radius 1 is 1.11 bits per heavy atom. The lowest BCUT2D eigenvalue weighted by Gasteiger charge is -2.19. The highest BCUT2D eigenvalue weighted by molar-refractivity contribution is 5.87. The maximum absolute atomic E-state index is 12.9. The van der Waals surface area contributed by atoms with Crippen LogP contribution in [0, 0.1) is 5.92 Å². The Hall–Kier alpha value is -2.71. The predicted molar refractivity (Wildman–Crippen MR) is 140 cm³/mol. The number of carbonyl (C=O) groups is 4. The molecule has 0 aliphatic rings. The van der Waals surface area contributed by atoms with Crippen LogP contribution in [0.25, 0.3) is 0 Å². The lowest BCUT2D eigenvalue weighted by Crippen LogP contribution is -2.46. The van der Waals surface area contributed by atoms with Gasteiger partial charge in [0.25, 0.3) is 0 Å². The van der Waals surface area contributed by atoms with Gasteiger partial charge in [0, 0.05) is 43.8 Å². The quantitative estimate of drug-likeness (QED) is 0.0878. The monoisotopic (exact) mass is 540 g/mol. The second kappa shape index (κ2) is 20.3. The van der Waals surface area contributed by atoms with Gasteiger partial charge in [0.15, 0.2) is 0 Å². The summed E-state index contributed by atoms with van der Waals surface area (Å²) in [6.07, 6.45) is 6.56. The molecule has 0 spiro atoms. The maximum Gasteiger partial charge on any atom is 0.245 e. The summed E-state index contributed by atoms with van der Waals surface area (Å²) in [7, 11) is 0. The molecule has 3 atom stereocenters. The summed E-state index contributed by atoms with van der Waals surface area (Å²) in [5, 5.41) is 14.7. The van der Waals surface area contributed by atoms with Crippen molar-refractivity contribution < 1.29 is 33.8 Å². The van der Waals surface area contributed by atoms with Gasteiger partial charge in [-0.3, -0.25) is 24.5 Å². The van der Waals surface area contributed by atoms with Crippen LogP contribution in [0.1, 0.15) is 51.1 Å². The van der Waals surface area contributed by atoms with Crippen LogP contribution in [0.4, 0.5) is 0 Å². The van der Waals surface area contributed by atoms with E-state index in [2.05, 4.69) is 20.6 Å². The molecule has 0 fully saturated rings. The van der Waals surface area contributed by atoms with Crippen LogP contribution in [-0.2, 0) is 35.1 Å². The number of nitrogens with two attached hydrogens (primary N) is 2. The third kappa shape index (κ3) is 14.9. The van der Waals surface area contributed by atoms with Crippen molar-refractivity contribution in [2.24, 2.45) is 17.4 Å². The van der Waals surface area contributed by atoms with Gasteiger partial charge in [-0.2, -0.15) is 0 Å². The molecule has 0 saturated carbocycles. The molecule has 2 amide bonds. The van der Waals surface area contributed by atoms with E-state index in [1.54, 1.807) is 6.20 Å². The van der Waals surface area contributed by atoms with Gasteiger partial charge in [-0.1, -0.05) is 13.3 Å². The first-order chi connectivity index (χ1) is 18.3. The van der Waals surface area contributed by atoms with E-state index in [1.807, 2.05) is 6.92 Å². The number of nitrogens with zero attached hydrogens (tertiary/aromatic N) is 1. The average molecular weight is 541 g/mol. The molecule has 0 aliphatic carbocycles. The molecule has 0 aromatic carbocycles. The van der Waals surface area contributed by atoms with Crippen molar-refractivity contribution in [3.05, 3.63) is 18.2 Å². The third-order valence-electron chi connectivity index (χ3n) is 5.91. The van der Waals surface area contributed by atoms with E-state index >= 15 is 0 Å². The van der Waals surface area contributed by atoms with Crippen molar-refractivity contribution in [1.29, 1.82) is 0 Å². The van der Waals surface area contributed by atoms with Crippen molar-refractivity contribution in [2.45, 2.75) is 64.0 Å². The number of aromatic amines is 1. The minimum absolute atomic E-state index is 0.0466. The molecule has 0 bridgehead atoms. The molecule has 1 aromatic rings. The normalized spacial score (nSPS) is 13.6. The Morgan fingerprint density at radius 2 is 1.87 bits per heavy atom. The molecular weight excluding hydrogens is 496 g/mol. The van der Waals surface area contributed by atoms with Crippen LogP contribution in [0.15, 0.2) is 12.5 Å². The van der Waals surface area contributed by atoms with Crippen LogP contribution < -0.4 is 22.1 Å². The zero-order valence-corrected chi connectivity index (χ0v) is 22.3. The highest BCUT2D eigenvalue weighted by Gasteiger charge is 2.23. The van der Waals surface area contributed by atoms with Crippen molar-refractivity contribution in [1.82, 2.24) is 20.6 Å². The maximum atomic E-state index is 12.9. The Bertz CT molecular complexity index is 821. The van der Waals surface area contributed by atoms with E-state index in [0.29, 0.717) is 58.5 Å². The number of Topliss-reactive ketones (excluding diaryl/α,β-unsaturated/α-hetero) is 2. The largest absolute Gasteiger partial charge is 0.394 e. The molecule has 8 N–H and O–H groups in total. The average Bonchev–Trinajstić information content (AvgIpc) is 3.40. The Morgan fingerprint density at radius 3 is 2.53 bits per heavy atom. The molecule has 0 unspecified atom stereocenters. The van der Waals surface area contributed by atoms with Gasteiger partial charge in [-0.05, 0) is 25.7 Å². The topological polar surface area (TPSA) is 212 Å². The molecule has 0 radical (unpaired) electrons. The summed E-state index contributed by atoms with van der Waals surface area (Å²) in [5.41, 5.74) is 12.0. The van der Waals surface area contributed by atoms with E-state index in [9.17, 15) is 24.3 Å². The standard InChI is InChI=1S/C25H44N6O7/c1-2-9-37-10-11-38-16-24(35)29-8-4-3-5-18(23(34)14-30-21(15-32)25(27)36)6-7-22(33)20(26)12-19-13-28-17-31-19/h13,17-18,20-21,30,32H,2-12,14-16,26H2,1H3,(H2,27,36)(H,28,31)(H,29,35)/t18-,20+,21+/m1/s1. The summed E-state index contributed by atoms with van der Waals surface area (Å²) in [6.45, 7) is 3.16. The molecule has 13 heteroatoms. The SMILES string of the molecule is CCCOCCOCC(=O)NCCCC[C@H](CCC(=O)[C@@H](N)Cc1cnc[nH]1)C(=O)CN[C@@H](CO)C(N)=O. The molecule has 0 aliphatic heterocycles. The summed E-state index contributed by atoms with van der Waals surface area (Å²) >= 11 is 0. The van der Waals surface area contributed by atoms with E-state index in [-0.39, 0.29) is 37.0 Å². The number of imidazole rings is 1. The van der Waals surface area contributed by atoms with Gasteiger partial charge in [0.1, 0.15) is 24.2 Å². The Balaban J connectivity index is 2.46. The molecule has 216 valence electrons. The number of rotatable bonds is 24. The minimum Gasteiger partial charge on any atom is -0.394 e. The summed E-state index contributed by atoms with van der Waals surface area (Å²) in [4.78, 5) is 55.4. The third-order valence-corrected chi connectivity index (χ3v) is 5.91. The molecule has 13 nitrogen and oxygen atoms in total. The van der Waals surface area contributed by atoms with Gasteiger partial charge >= 0.3 is 0 Å². The van der Waals surface area contributed by atoms with Gasteiger partial charge < -0.3 is 36.3 Å². The predicted octanol–water partition coefficient (Wildman–Crippen LogP) is -1.02. The number of amides is 2. The lowest BCUT2D eigenvalue weighted by atomic mass is 9.90. The summed E-state index contributed by atoms with van der Waals surface area (Å²) < 4.78 is 10.5. The molecule has 1 aromatic heterocycles. The second-order valence-corrected chi connectivity index (χ2v) is 9.08. The number of unbranched alkanes of at least 4 members (excludes halogenated alkanes) is 1. The Kier molecular flexibility index (Phi) is 17.8. The number of hydrogen-bond acceptors (Lipinski definition) is 10. The highest BCUT2D eigenvalue weighted by Crippen LogP contribution is 2.17. The van der Waals surface area contributed by atoms with E-state index < -0.39 is 30.5 Å². The molecular formula is C25H44N6O7. The number of ketones is 2. The Labute approximate surface area is 223 Å². The van der Waals surface area contributed by atoms with Crippen LogP contribution >= 0.6 is 0 Å². The number of aromatic nitrogens is 2. The van der Waals surface area contributed by atoms with Gasteiger partial charge in [0.05, 0.1) is 38.7 Å². The highest BCUT2D eigenvalue weighted by atomic mass is 16.5. The number of aliphatic hydroxyl groups excluding tert-OH is 1. The van der Waals surface area contributed by atoms with E-state index in [0.717, 1.165) is 12.1 Å². The zero-order valence-electron chi connectivity index (χ0n) is 22.3. The van der Waals surface area contributed by atoms with Gasteiger partial charge in [0.2, 0.25) is 11.8 Å². The molecule has 1 heterocycles. The van der Waals surface area contributed by atoms with Crippen LogP contribution in [0.2, 0.25) is 0 Å². The minimum atomic E-state index is -1.03. The second-order valence-electron chi connectivity index (χ2n) is 9.08. The fourth-order valence-corrected chi connectivity index (χ4v) is 3.66. The fourth-order valence-electron chi connectivity index (χ4n) is 3.66. The number of hydrogen-bond donors (Lipinski definition) is 6. The number of ether oxygens (including phenoxy) is 2. The van der Waals surface area contributed by atoms with Crippen molar-refractivity contribution in [3.8, 4) is 0 Å². The fraction of sp³-hybridized carbons (Fsp3) is 0.720.